The zero-order chi connectivity index (χ0) is 24.7. The lowest BCUT2D eigenvalue weighted by Crippen LogP contribution is -2.53. The Morgan fingerprint density at radius 1 is 0.971 bits per heavy atom. The SMILES string of the molecule is CCC(C)c1ccc(S(=O)(=O)N2CCN(C(=O)CNC(=O)NCc3ccc(F)cc3)CC2)cc1. The molecule has 1 aliphatic heterocycles. The molecular formula is C24H31FN4O4S. The lowest BCUT2D eigenvalue weighted by molar-refractivity contribution is -0.131. The molecule has 2 N–H and O–H groups in total. The van der Waals surface area contributed by atoms with E-state index < -0.39 is 16.1 Å². The van der Waals surface area contributed by atoms with Crippen molar-refractivity contribution < 1.29 is 22.4 Å². The highest BCUT2D eigenvalue weighted by molar-refractivity contribution is 7.89. The van der Waals surface area contributed by atoms with Gasteiger partial charge in [-0.05, 0) is 47.7 Å². The Balaban J connectivity index is 1.44. The fraction of sp³-hybridized carbons (Fsp3) is 0.417. The van der Waals surface area contributed by atoms with Crippen LogP contribution in [0.15, 0.2) is 53.4 Å². The molecule has 3 amide bonds. The van der Waals surface area contributed by atoms with E-state index in [9.17, 15) is 22.4 Å². The predicted octanol–water partition coefficient (Wildman–Crippen LogP) is 2.67. The fourth-order valence-electron chi connectivity index (χ4n) is 3.65. The van der Waals surface area contributed by atoms with Crippen molar-refractivity contribution in [2.45, 2.75) is 37.6 Å². The molecule has 8 nitrogen and oxygen atoms in total. The molecule has 0 bridgehead atoms. The Morgan fingerprint density at radius 3 is 2.18 bits per heavy atom. The summed E-state index contributed by atoms with van der Waals surface area (Å²) < 4.78 is 40.3. The zero-order valence-corrected chi connectivity index (χ0v) is 20.3. The second-order valence-electron chi connectivity index (χ2n) is 8.33. The molecule has 0 aromatic heterocycles. The molecule has 1 heterocycles. The molecule has 0 saturated carbocycles. The fourth-order valence-corrected chi connectivity index (χ4v) is 5.07. The van der Waals surface area contributed by atoms with E-state index in [-0.39, 0.29) is 55.9 Å². The number of carbonyl (C=O) groups excluding carboxylic acids is 2. The second-order valence-corrected chi connectivity index (χ2v) is 10.3. The van der Waals surface area contributed by atoms with Crippen LogP contribution in [0.25, 0.3) is 0 Å². The molecule has 0 spiro atoms. The molecule has 0 aliphatic carbocycles. The van der Waals surface area contributed by atoms with E-state index in [1.54, 1.807) is 24.3 Å². The number of rotatable bonds is 8. The number of halogens is 1. The minimum Gasteiger partial charge on any atom is -0.339 e. The average molecular weight is 491 g/mol. The molecule has 10 heteroatoms. The zero-order valence-electron chi connectivity index (χ0n) is 19.5. The number of hydrogen-bond donors (Lipinski definition) is 2. The van der Waals surface area contributed by atoms with Crippen molar-refractivity contribution in [1.82, 2.24) is 19.8 Å². The van der Waals surface area contributed by atoms with Gasteiger partial charge in [-0.3, -0.25) is 4.79 Å². The molecule has 1 saturated heterocycles. The average Bonchev–Trinajstić information content (AvgIpc) is 2.86. The van der Waals surface area contributed by atoms with Crippen molar-refractivity contribution >= 4 is 22.0 Å². The molecule has 3 rings (SSSR count). The molecule has 184 valence electrons. The minimum absolute atomic E-state index is 0.192. The van der Waals surface area contributed by atoms with Crippen LogP contribution in [-0.2, 0) is 21.4 Å². The normalized spacial score (nSPS) is 15.6. The standard InChI is InChI=1S/C24H31FN4O4S/c1-3-18(2)20-6-10-22(11-7-20)34(32,33)29-14-12-28(13-15-29)23(30)17-27-24(31)26-16-19-4-8-21(25)9-5-19/h4-11,18H,3,12-17H2,1-2H3,(H2,26,27,31). The minimum atomic E-state index is -3.63. The van der Waals surface area contributed by atoms with Crippen LogP contribution in [-0.4, -0.2) is 62.3 Å². The molecule has 34 heavy (non-hydrogen) atoms. The third-order valence-corrected chi connectivity index (χ3v) is 7.97. The lowest BCUT2D eigenvalue weighted by atomic mass is 9.99. The summed E-state index contributed by atoms with van der Waals surface area (Å²) >= 11 is 0. The Kier molecular flexibility index (Phi) is 8.62. The maximum atomic E-state index is 13.0. The Hall–Kier alpha value is -2.98. The highest BCUT2D eigenvalue weighted by atomic mass is 32.2. The van der Waals surface area contributed by atoms with Crippen molar-refractivity contribution in [2.75, 3.05) is 32.7 Å². The Morgan fingerprint density at radius 2 is 1.59 bits per heavy atom. The van der Waals surface area contributed by atoms with Crippen LogP contribution in [0, 0.1) is 5.82 Å². The number of urea groups is 1. The van der Waals surface area contributed by atoms with E-state index in [1.165, 1.54) is 21.3 Å². The van der Waals surface area contributed by atoms with Gasteiger partial charge in [0.2, 0.25) is 15.9 Å². The van der Waals surface area contributed by atoms with Gasteiger partial charge in [-0.25, -0.2) is 17.6 Å². The van der Waals surface area contributed by atoms with Crippen molar-refractivity contribution in [1.29, 1.82) is 0 Å². The number of nitrogens with zero attached hydrogens (tertiary/aromatic N) is 2. The van der Waals surface area contributed by atoms with E-state index in [4.69, 9.17) is 0 Å². The smallest absolute Gasteiger partial charge is 0.315 e. The predicted molar refractivity (Wildman–Crippen MR) is 127 cm³/mol. The molecule has 1 aliphatic rings. The first-order chi connectivity index (χ1) is 16.2. The second kappa shape index (κ2) is 11.4. The van der Waals surface area contributed by atoms with Crippen molar-refractivity contribution in [3.63, 3.8) is 0 Å². The summed E-state index contributed by atoms with van der Waals surface area (Å²) in [6.07, 6.45) is 0.979. The Labute approximate surface area is 200 Å². The first kappa shape index (κ1) is 25.6. The summed E-state index contributed by atoms with van der Waals surface area (Å²) in [6, 6.07) is 12.2. The van der Waals surface area contributed by atoms with Gasteiger partial charge >= 0.3 is 6.03 Å². The summed E-state index contributed by atoms with van der Waals surface area (Å²) in [5, 5.41) is 5.11. The van der Waals surface area contributed by atoms with Crippen LogP contribution in [0.1, 0.15) is 37.3 Å². The highest BCUT2D eigenvalue weighted by Gasteiger charge is 2.30. The maximum Gasteiger partial charge on any atom is 0.315 e. The Bertz CT molecular complexity index is 1080. The molecule has 1 fully saturated rings. The van der Waals surface area contributed by atoms with E-state index in [0.717, 1.165) is 17.5 Å². The quantitative estimate of drug-likeness (QED) is 0.594. The molecule has 1 atom stereocenters. The largest absolute Gasteiger partial charge is 0.339 e. The van der Waals surface area contributed by atoms with E-state index in [2.05, 4.69) is 24.5 Å². The van der Waals surface area contributed by atoms with Crippen LogP contribution in [0.2, 0.25) is 0 Å². The van der Waals surface area contributed by atoms with Crippen molar-refractivity contribution in [3.8, 4) is 0 Å². The number of piperazine rings is 1. The third-order valence-electron chi connectivity index (χ3n) is 6.06. The summed E-state index contributed by atoms with van der Waals surface area (Å²) in [5.41, 5.74) is 1.83. The van der Waals surface area contributed by atoms with Crippen molar-refractivity contribution in [2.24, 2.45) is 0 Å². The highest BCUT2D eigenvalue weighted by Crippen LogP contribution is 2.23. The van der Waals surface area contributed by atoms with Gasteiger partial charge in [-0.2, -0.15) is 4.31 Å². The first-order valence-corrected chi connectivity index (χ1v) is 12.8. The van der Waals surface area contributed by atoms with Gasteiger partial charge in [0.05, 0.1) is 11.4 Å². The van der Waals surface area contributed by atoms with Gasteiger partial charge in [-0.15, -0.1) is 0 Å². The molecule has 1 unspecified atom stereocenters. The molecule has 2 aromatic carbocycles. The third kappa shape index (κ3) is 6.54. The van der Waals surface area contributed by atoms with Crippen LogP contribution in [0.3, 0.4) is 0 Å². The number of benzene rings is 2. The van der Waals surface area contributed by atoms with Crippen LogP contribution < -0.4 is 10.6 Å². The molecule has 2 aromatic rings. The van der Waals surface area contributed by atoms with Gasteiger partial charge in [0.15, 0.2) is 0 Å². The van der Waals surface area contributed by atoms with E-state index in [1.807, 2.05) is 12.1 Å². The topological polar surface area (TPSA) is 98.8 Å². The molecular weight excluding hydrogens is 459 g/mol. The number of sulfonamides is 1. The summed E-state index contributed by atoms with van der Waals surface area (Å²) in [4.78, 5) is 26.2. The van der Waals surface area contributed by atoms with E-state index >= 15 is 0 Å². The van der Waals surface area contributed by atoms with Gasteiger partial charge in [0.1, 0.15) is 5.82 Å². The van der Waals surface area contributed by atoms with Crippen LogP contribution >= 0.6 is 0 Å². The van der Waals surface area contributed by atoms with Gasteiger partial charge < -0.3 is 15.5 Å². The first-order valence-electron chi connectivity index (χ1n) is 11.3. The lowest BCUT2D eigenvalue weighted by Gasteiger charge is -2.34. The number of carbonyl (C=O) groups is 2. The summed E-state index contributed by atoms with van der Waals surface area (Å²) in [6.45, 7) is 5.09. The van der Waals surface area contributed by atoms with Gasteiger partial charge in [-0.1, -0.05) is 38.1 Å². The van der Waals surface area contributed by atoms with Gasteiger partial charge in [0.25, 0.3) is 0 Å². The number of hydrogen-bond acceptors (Lipinski definition) is 4. The summed E-state index contributed by atoms with van der Waals surface area (Å²) in [5.74, 6) is -0.275. The van der Waals surface area contributed by atoms with Crippen molar-refractivity contribution in [3.05, 3.63) is 65.5 Å². The number of amides is 3. The summed E-state index contributed by atoms with van der Waals surface area (Å²) in [7, 11) is -3.63. The van der Waals surface area contributed by atoms with E-state index in [0.29, 0.717) is 5.92 Å². The van der Waals surface area contributed by atoms with Crippen LogP contribution in [0.5, 0.6) is 0 Å². The maximum absolute atomic E-state index is 13.0. The molecule has 0 radical (unpaired) electrons. The van der Waals surface area contributed by atoms with Gasteiger partial charge in [0, 0.05) is 32.7 Å². The van der Waals surface area contributed by atoms with Crippen LogP contribution in [0.4, 0.5) is 9.18 Å². The monoisotopic (exact) mass is 490 g/mol. The number of nitrogens with one attached hydrogen (secondary N) is 2.